The molecule has 1 aromatic heterocycles. The normalized spacial score (nSPS) is 12.1. The van der Waals surface area contributed by atoms with Crippen LogP contribution in [0.4, 0.5) is 0 Å². The van der Waals surface area contributed by atoms with Crippen molar-refractivity contribution in [3.63, 3.8) is 0 Å². The number of benzene rings is 1. The van der Waals surface area contributed by atoms with Crippen LogP contribution in [0.2, 0.25) is 10.0 Å². The topological polar surface area (TPSA) is 82.9 Å². The fourth-order valence-electron chi connectivity index (χ4n) is 1.68. The number of rotatable bonds is 5. The number of hydrogen-bond donors (Lipinski definition) is 1. The largest absolute Gasteiger partial charge is 0.392 e. The molecule has 20 heavy (non-hydrogen) atoms. The molecule has 0 spiro atoms. The molecule has 0 saturated heterocycles. The quantitative estimate of drug-likeness (QED) is 0.918. The second-order valence-corrected chi connectivity index (χ2v) is 5.02. The maximum Gasteiger partial charge on any atom is 0.229 e. The molecule has 2 aromatic rings. The number of hydrogen-bond acceptors (Lipinski definition) is 5. The number of halogens is 2. The van der Waals surface area contributed by atoms with E-state index in [1.807, 2.05) is 6.07 Å². The molecular formula is C13H11Cl2N3O2. The Balaban J connectivity index is 2.08. The van der Waals surface area contributed by atoms with Gasteiger partial charge in [0.2, 0.25) is 5.89 Å². The van der Waals surface area contributed by atoms with Gasteiger partial charge in [0.25, 0.3) is 0 Å². The minimum absolute atomic E-state index is 0.0219. The van der Waals surface area contributed by atoms with Crippen LogP contribution in [0.25, 0.3) is 0 Å². The van der Waals surface area contributed by atoms with Crippen molar-refractivity contribution in [2.75, 3.05) is 0 Å². The molecule has 0 amide bonds. The summed E-state index contributed by atoms with van der Waals surface area (Å²) in [6, 6.07) is 7.11. The maximum absolute atomic E-state index is 9.50. The smallest absolute Gasteiger partial charge is 0.229 e. The molecule has 7 heteroatoms. The lowest BCUT2D eigenvalue weighted by molar-refractivity contribution is 0.167. The molecule has 104 valence electrons. The van der Waals surface area contributed by atoms with Gasteiger partial charge in [-0.3, -0.25) is 0 Å². The number of nitriles is 1. The predicted molar refractivity (Wildman–Crippen MR) is 73.5 cm³/mol. The van der Waals surface area contributed by atoms with Gasteiger partial charge < -0.3 is 9.63 Å². The molecule has 0 aliphatic heterocycles. The van der Waals surface area contributed by atoms with Crippen molar-refractivity contribution in [1.29, 1.82) is 5.26 Å². The van der Waals surface area contributed by atoms with Crippen molar-refractivity contribution >= 4 is 23.2 Å². The van der Waals surface area contributed by atoms with Crippen LogP contribution in [0.3, 0.4) is 0 Å². The molecule has 1 aromatic carbocycles. The van der Waals surface area contributed by atoms with Crippen molar-refractivity contribution in [3.8, 4) is 6.07 Å². The van der Waals surface area contributed by atoms with Gasteiger partial charge in [0, 0.05) is 16.5 Å². The fourth-order valence-corrected chi connectivity index (χ4v) is 2.21. The second-order valence-electron chi connectivity index (χ2n) is 4.20. The van der Waals surface area contributed by atoms with Gasteiger partial charge in [0.05, 0.1) is 25.0 Å². The second kappa shape index (κ2) is 6.71. The molecule has 1 atom stereocenters. The molecule has 1 unspecified atom stereocenters. The van der Waals surface area contributed by atoms with Crippen molar-refractivity contribution in [2.45, 2.75) is 25.4 Å². The lowest BCUT2D eigenvalue weighted by Crippen LogP contribution is -2.09. The molecule has 0 aliphatic rings. The van der Waals surface area contributed by atoms with Crippen LogP contribution in [-0.2, 0) is 12.8 Å². The van der Waals surface area contributed by atoms with E-state index in [-0.39, 0.29) is 18.7 Å². The van der Waals surface area contributed by atoms with E-state index in [0.717, 1.165) is 5.56 Å². The van der Waals surface area contributed by atoms with E-state index in [2.05, 4.69) is 10.1 Å². The summed E-state index contributed by atoms with van der Waals surface area (Å²) >= 11 is 12.1. The molecule has 0 aliphatic carbocycles. The molecule has 0 saturated carbocycles. The summed E-state index contributed by atoms with van der Waals surface area (Å²) in [5.41, 5.74) is 0.723. The first kappa shape index (κ1) is 14.8. The summed E-state index contributed by atoms with van der Waals surface area (Å²) < 4.78 is 5.02. The lowest BCUT2D eigenvalue weighted by atomic mass is 10.1. The van der Waals surface area contributed by atoms with Gasteiger partial charge in [-0.05, 0) is 17.7 Å². The third-order valence-electron chi connectivity index (χ3n) is 2.64. The molecular weight excluding hydrogens is 301 g/mol. The highest BCUT2D eigenvalue weighted by molar-refractivity contribution is 6.36. The van der Waals surface area contributed by atoms with Gasteiger partial charge in [-0.1, -0.05) is 34.4 Å². The molecule has 1 heterocycles. The molecule has 0 bridgehead atoms. The van der Waals surface area contributed by atoms with E-state index < -0.39 is 6.10 Å². The Morgan fingerprint density at radius 1 is 1.35 bits per heavy atom. The zero-order valence-corrected chi connectivity index (χ0v) is 11.9. The van der Waals surface area contributed by atoms with Gasteiger partial charge in [0.1, 0.15) is 0 Å². The van der Waals surface area contributed by atoms with E-state index >= 15 is 0 Å². The minimum Gasteiger partial charge on any atom is -0.392 e. The zero-order valence-electron chi connectivity index (χ0n) is 10.4. The average molecular weight is 312 g/mol. The Bertz CT molecular complexity index is 617. The summed E-state index contributed by atoms with van der Waals surface area (Å²) in [5.74, 6) is 0.713. The number of nitrogens with zero attached hydrogens (tertiary/aromatic N) is 3. The van der Waals surface area contributed by atoms with Gasteiger partial charge in [-0.15, -0.1) is 0 Å². The first-order valence-electron chi connectivity index (χ1n) is 5.89. The molecule has 1 N–H and O–H groups in total. The molecule has 0 radical (unpaired) electrons. The summed E-state index contributed by atoms with van der Waals surface area (Å²) in [5, 5.41) is 22.8. The lowest BCUT2D eigenvalue weighted by Gasteiger charge is -2.03. The Morgan fingerprint density at radius 2 is 2.05 bits per heavy atom. The molecule has 0 fully saturated rings. The van der Waals surface area contributed by atoms with E-state index in [4.69, 9.17) is 33.0 Å². The third kappa shape index (κ3) is 3.70. The standard InChI is InChI=1S/C13H11Cl2N3O2/c14-10-2-1-3-11(15)9(10)7-12-17-13(20-18-12)6-8(19)4-5-16/h1-3,8,19H,4,6-7H2. The van der Waals surface area contributed by atoms with E-state index in [1.54, 1.807) is 18.2 Å². The third-order valence-corrected chi connectivity index (χ3v) is 3.35. The van der Waals surface area contributed by atoms with Gasteiger partial charge in [-0.2, -0.15) is 10.2 Å². The Kier molecular flexibility index (Phi) is 4.96. The number of aliphatic hydroxyl groups is 1. The fraction of sp³-hybridized carbons (Fsp3) is 0.308. The summed E-state index contributed by atoms with van der Waals surface area (Å²) in [7, 11) is 0. The average Bonchev–Trinajstić information content (AvgIpc) is 2.82. The summed E-state index contributed by atoms with van der Waals surface area (Å²) in [6.45, 7) is 0. The Labute approximate surface area is 125 Å². The van der Waals surface area contributed by atoms with Crippen LogP contribution in [0, 0.1) is 11.3 Å². The monoisotopic (exact) mass is 311 g/mol. The van der Waals surface area contributed by atoms with Crippen molar-refractivity contribution < 1.29 is 9.63 Å². The first-order chi connectivity index (χ1) is 9.60. The number of aliphatic hydroxyl groups excluding tert-OH is 1. The highest BCUT2D eigenvalue weighted by Crippen LogP contribution is 2.26. The van der Waals surface area contributed by atoms with Gasteiger partial charge >= 0.3 is 0 Å². The van der Waals surface area contributed by atoms with E-state index in [9.17, 15) is 5.11 Å². The van der Waals surface area contributed by atoms with Crippen LogP contribution in [0.15, 0.2) is 22.7 Å². The van der Waals surface area contributed by atoms with Crippen LogP contribution in [-0.4, -0.2) is 21.4 Å². The van der Waals surface area contributed by atoms with Gasteiger partial charge in [-0.25, -0.2) is 0 Å². The van der Waals surface area contributed by atoms with Crippen molar-refractivity contribution in [1.82, 2.24) is 10.1 Å². The van der Waals surface area contributed by atoms with Crippen LogP contribution in [0.1, 0.15) is 23.7 Å². The SMILES string of the molecule is N#CCC(O)Cc1nc(Cc2c(Cl)cccc2Cl)no1. The molecule has 5 nitrogen and oxygen atoms in total. The molecule has 2 rings (SSSR count). The van der Waals surface area contributed by atoms with E-state index in [1.165, 1.54) is 0 Å². The summed E-state index contributed by atoms with van der Waals surface area (Å²) in [4.78, 5) is 4.15. The Morgan fingerprint density at radius 3 is 2.70 bits per heavy atom. The van der Waals surface area contributed by atoms with Crippen molar-refractivity contribution in [2.24, 2.45) is 0 Å². The summed E-state index contributed by atoms with van der Waals surface area (Å²) in [6.07, 6.45) is -0.293. The van der Waals surface area contributed by atoms with Crippen LogP contribution in [0.5, 0.6) is 0 Å². The Hall–Kier alpha value is -1.61. The van der Waals surface area contributed by atoms with Gasteiger partial charge in [0.15, 0.2) is 5.82 Å². The number of aromatic nitrogens is 2. The minimum atomic E-state index is -0.808. The predicted octanol–water partition coefficient (Wildman–Crippen LogP) is 2.78. The van der Waals surface area contributed by atoms with Crippen molar-refractivity contribution in [3.05, 3.63) is 45.5 Å². The van der Waals surface area contributed by atoms with Crippen LogP contribution >= 0.6 is 23.2 Å². The van der Waals surface area contributed by atoms with Crippen LogP contribution < -0.4 is 0 Å². The maximum atomic E-state index is 9.50. The van der Waals surface area contributed by atoms with E-state index in [0.29, 0.717) is 22.3 Å². The first-order valence-corrected chi connectivity index (χ1v) is 6.65. The highest BCUT2D eigenvalue weighted by atomic mass is 35.5. The highest BCUT2D eigenvalue weighted by Gasteiger charge is 2.14. The zero-order chi connectivity index (χ0) is 14.5.